The van der Waals surface area contributed by atoms with E-state index in [-0.39, 0.29) is 0 Å². The van der Waals surface area contributed by atoms with Crippen molar-refractivity contribution in [2.24, 2.45) is 5.41 Å². The summed E-state index contributed by atoms with van der Waals surface area (Å²) in [4.78, 5) is 21.7. The monoisotopic (exact) mass is 235 g/mol. The van der Waals surface area contributed by atoms with Crippen molar-refractivity contribution in [3.8, 4) is 0 Å². The number of aromatic nitrogens is 2. The van der Waals surface area contributed by atoms with Crippen molar-refractivity contribution >= 4 is 11.8 Å². The van der Waals surface area contributed by atoms with Gasteiger partial charge in [-0.1, -0.05) is 0 Å². The zero-order valence-corrected chi connectivity index (χ0v) is 10.2. The van der Waals surface area contributed by atoms with Gasteiger partial charge in [-0.3, -0.25) is 4.79 Å². The fourth-order valence-corrected chi connectivity index (χ4v) is 2.06. The number of hydrogen-bond donors (Lipinski definition) is 1. The molecule has 0 atom stereocenters. The standard InChI is InChI=1S/C12H17N3O2/c1-9-13-6-3-10(14-9)15-7-4-12(2,5-8-15)11(16)17/h3,6H,4-5,7-8H2,1-2H3,(H,16,17). The van der Waals surface area contributed by atoms with Gasteiger partial charge in [0.1, 0.15) is 11.6 Å². The van der Waals surface area contributed by atoms with Gasteiger partial charge in [0.2, 0.25) is 0 Å². The number of rotatable bonds is 2. The molecule has 5 nitrogen and oxygen atoms in total. The van der Waals surface area contributed by atoms with Crippen LogP contribution in [0.4, 0.5) is 5.82 Å². The average molecular weight is 235 g/mol. The molecule has 92 valence electrons. The van der Waals surface area contributed by atoms with Crippen LogP contribution in [0.3, 0.4) is 0 Å². The molecule has 5 heteroatoms. The summed E-state index contributed by atoms with van der Waals surface area (Å²) in [6, 6.07) is 1.87. The quantitative estimate of drug-likeness (QED) is 0.841. The Morgan fingerprint density at radius 3 is 2.65 bits per heavy atom. The second-order valence-electron chi connectivity index (χ2n) is 4.81. The molecule has 0 radical (unpaired) electrons. The third-order valence-electron chi connectivity index (χ3n) is 3.47. The first-order chi connectivity index (χ1) is 8.01. The lowest BCUT2D eigenvalue weighted by Crippen LogP contribution is -2.43. The maximum Gasteiger partial charge on any atom is 0.309 e. The van der Waals surface area contributed by atoms with Crippen molar-refractivity contribution in [1.82, 2.24) is 9.97 Å². The second kappa shape index (κ2) is 4.31. The van der Waals surface area contributed by atoms with Gasteiger partial charge in [-0.05, 0) is 32.8 Å². The van der Waals surface area contributed by atoms with Crippen LogP contribution in [-0.2, 0) is 4.79 Å². The lowest BCUT2D eigenvalue weighted by Gasteiger charge is -2.37. The molecule has 2 heterocycles. The molecule has 1 aromatic rings. The molecule has 0 aliphatic carbocycles. The summed E-state index contributed by atoms with van der Waals surface area (Å²) in [7, 11) is 0. The zero-order chi connectivity index (χ0) is 12.5. The zero-order valence-electron chi connectivity index (χ0n) is 10.2. The van der Waals surface area contributed by atoms with Crippen molar-refractivity contribution in [2.75, 3.05) is 18.0 Å². The molecule has 0 aromatic carbocycles. The van der Waals surface area contributed by atoms with E-state index in [0.29, 0.717) is 12.8 Å². The Balaban J connectivity index is 2.07. The number of carboxylic acid groups (broad SMARTS) is 1. The molecule has 0 saturated carbocycles. The fraction of sp³-hybridized carbons (Fsp3) is 0.583. The molecular weight excluding hydrogens is 218 g/mol. The van der Waals surface area contributed by atoms with Crippen LogP contribution in [-0.4, -0.2) is 34.1 Å². The van der Waals surface area contributed by atoms with E-state index < -0.39 is 11.4 Å². The highest BCUT2D eigenvalue weighted by molar-refractivity contribution is 5.74. The first-order valence-electron chi connectivity index (χ1n) is 5.79. The topological polar surface area (TPSA) is 66.3 Å². The minimum Gasteiger partial charge on any atom is -0.481 e. The molecule has 1 saturated heterocycles. The van der Waals surface area contributed by atoms with E-state index in [1.165, 1.54) is 0 Å². The third kappa shape index (κ3) is 2.38. The molecule has 1 aliphatic heterocycles. The molecule has 1 aliphatic rings. The summed E-state index contributed by atoms with van der Waals surface area (Å²) >= 11 is 0. The predicted octanol–water partition coefficient (Wildman–Crippen LogP) is 1.48. The van der Waals surface area contributed by atoms with Gasteiger partial charge in [-0.2, -0.15) is 0 Å². The largest absolute Gasteiger partial charge is 0.481 e. The van der Waals surface area contributed by atoms with Crippen molar-refractivity contribution < 1.29 is 9.90 Å². The first kappa shape index (κ1) is 11.8. The maximum absolute atomic E-state index is 11.1. The highest BCUT2D eigenvalue weighted by Gasteiger charge is 2.37. The normalized spacial score (nSPS) is 19.1. The van der Waals surface area contributed by atoms with E-state index >= 15 is 0 Å². The lowest BCUT2D eigenvalue weighted by molar-refractivity contribution is -0.149. The Labute approximate surface area is 100 Å². The van der Waals surface area contributed by atoms with E-state index in [0.717, 1.165) is 24.7 Å². The highest BCUT2D eigenvalue weighted by Crippen LogP contribution is 2.32. The lowest BCUT2D eigenvalue weighted by atomic mass is 9.80. The van der Waals surface area contributed by atoms with Gasteiger partial charge < -0.3 is 10.0 Å². The Kier molecular flexibility index (Phi) is 3.00. The van der Waals surface area contributed by atoms with Crippen LogP contribution >= 0.6 is 0 Å². The molecular formula is C12H17N3O2. The Morgan fingerprint density at radius 1 is 1.47 bits per heavy atom. The number of nitrogens with zero attached hydrogens (tertiary/aromatic N) is 3. The van der Waals surface area contributed by atoms with Crippen molar-refractivity contribution in [3.05, 3.63) is 18.1 Å². The van der Waals surface area contributed by atoms with Gasteiger partial charge in [0, 0.05) is 19.3 Å². The van der Waals surface area contributed by atoms with E-state index in [1.54, 1.807) is 6.20 Å². The van der Waals surface area contributed by atoms with Crippen LogP contribution in [0, 0.1) is 12.3 Å². The summed E-state index contributed by atoms with van der Waals surface area (Å²) in [6.07, 6.45) is 3.05. The van der Waals surface area contributed by atoms with Crippen LogP contribution in [0.2, 0.25) is 0 Å². The summed E-state index contributed by atoms with van der Waals surface area (Å²) in [5, 5.41) is 9.15. The maximum atomic E-state index is 11.1. The van der Waals surface area contributed by atoms with Gasteiger partial charge in [-0.15, -0.1) is 0 Å². The van der Waals surface area contributed by atoms with Crippen molar-refractivity contribution in [1.29, 1.82) is 0 Å². The molecule has 0 bridgehead atoms. The summed E-state index contributed by atoms with van der Waals surface area (Å²) in [5.41, 5.74) is -0.585. The van der Waals surface area contributed by atoms with E-state index in [4.69, 9.17) is 5.11 Å². The van der Waals surface area contributed by atoms with Gasteiger partial charge in [0.25, 0.3) is 0 Å². The van der Waals surface area contributed by atoms with Crippen molar-refractivity contribution in [3.63, 3.8) is 0 Å². The summed E-state index contributed by atoms with van der Waals surface area (Å²) < 4.78 is 0. The minimum atomic E-state index is -0.698. The van der Waals surface area contributed by atoms with Crippen LogP contribution in [0.15, 0.2) is 12.3 Å². The molecule has 17 heavy (non-hydrogen) atoms. The number of hydrogen-bond acceptors (Lipinski definition) is 4. The number of carboxylic acids is 1. The number of carbonyl (C=O) groups is 1. The smallest absolute Gasteiger partial charge is 0.309 e. The number of aliphatic carboxylic acids is 1. The average Bonchev–Trinajstić information content (AvgIpc) is 2.30. The van der Waals surface area contributed by atoms with Crippen LogP contribution in [0.1, 0.15) is 25.6 Å². The minimum absolute atomic E-state index is 0.585. The van der Waals surface area contributed by atoms with E-state index in [2.05, 4.69) is 14.9 Å². The van der Waals surface area contributed by atoms with E-state index in [9.17, 15) is 4.79 Å². The number of aryl methyl sites for hydroxylation is 1. The summed E-state index contributed by atoms with van der Waals surface area (Å²) in [6.45, 7) is 5.14. The first-order valence-corrected chi connectivity index (χ1v) is 5.79. The van der Waals surface area contributed by atoms with E-state index in [1.807, 2.05) is 19.9 Å². The highest BCUT2D eigenvalue weighted by atomic mass is 16.4. The third-order valence-corrected chi connectivity index (χ3v) is 3.47. The van der Waals surface area contributed by atoms with Gasteiger partial charge in [0.05, 0.1) is 5.41 Å². The summed E-state index contributed by atoms with van der Waals surface area (Å²) in [5.74, 6) is 0.940. The Bertz CT molecular complexity index is 426. The van der Waals surface area contributed by atoms with Crippen molar-refractivity contribution in [2.45, 2.75) is 26.7 Å². The van der Waals surface area contributed by atoms with Crippen LogP contribution in [0.25, 0.3) is 0 Å². The number of anilines is 1. The number of piperidine rings is 1. The van der Waals surface area contributed by atoms with Crippen LogP contribution in [0.5, 0.6) is 0 Å². The Morgan fingerprint density at radius 2 is 2.12 bits per heavy atom. The SMILES string of the molecule is Cc1nccc(N2CCC(C)(C(=O)O)CC2)n1. The molecule has 0 amide bonds. The molecule has 0 unspecified atom stereocenters. The molecule has 1 fully saturated rings. The van der Waals surface area contributed by atoms with Gasteiger partial charge in [0.15, 0.2) is 0 Å². The second-order valence-corrected chi connectivity index (χ2v) is 4.81. The van der Waals surface area contributed by atoms with Gasteiger partial charge >= 0.3 is 5.97 Å². The molecule has 1 aromatic heterocycles. The van der Waals surface area contributed by atoms with Gasteiger partial charge in [-0.25, -0.2) is 9.97 Å². The fourth-order valence-electron chi connectivity index (χ4n) is 2.06. The molecule has 0 spiro atoms. The predicted molar refractivity (Wildman–Crippen MR) is 64.0 cm³/mol. The molecule has 1 N–H and O–H groups in total. The Hall–Kier alpha value is -1.65. The molecule has 2 rings (SSSR count). The van der Waals surface area contributed by atoms with Crippen LogP contribution < -0.4 is 4.90 Å².